The zero-order chi connectivity index (χ0) is 15.6. The molecule has 2 N–H and O–H groups in total. The van der Waals surface area contributed by atoms with Crippen LogP contribution in [0.4, 0.5) is 18.9 Å². The molecule has 1 aliphatic heterocycles. The first-order valence-electron chi connectivity index (χ1n) is 6.16. The lowest BCUT2D eigenvalue weighted by atomic mass is 10.1. The van der Waals surface area contributed by atoms with E-state index in [1.54, 1.807) is 0 Å². The summed E-state index contributed by atoms with van der Waals surface area (Å²) in [5.41, 5.74) is -1.89. The molecule has 0 bridgehead atoms. The molecule has 1 atom stereocenters. The van der Waals surface area contributed by atoms with E-state index in [1.165, 1.54) is 0 Å². The molecule has 1 aromatic rings. The van der Waals surface area contributed by atoms with E-state index >= 15 is 0 Å². The van der Waals surface area contributed by atoms with Gasteiger partial charge in [-0.1, -0.05) is 0 Å². The number of nitrogens with one attached hydrogen (secondary N) is 1. The number of amides is 1. The maximum Gasteiger partial charge on any atom is 0.416 e. The predicted molar refractivity (Wildman–Crippen MR) is 66.0 cm³/mol. The van der Waals surface area contributed by atoms with Crippen molar-refractivity contribution in [2.24, 2.45) is 0 Å². The summed E-state index contributed by atoms with van der Waals surface area (Å²) in [5.74, 6) is -2.11. The standard InChI is InChI=1S/C13H12F3NO4/c14-13(15,16)7-3-4-9(8(6-7)12(19)20)17-11(18)10-2-1-5-21-10/h3-4,6,10H,1-2,5H2,(H,17,18)(H,19,20)/t10-/m0/s1. The van der Waals surface area contributed by atoms with Gasteiger partial charge in [0.05, 0.1) is 16.8 Å². The normalized spacial score (nSPS) is 18.5. The summed E-state index contributed by atoms with van der Waals surface area (Å²) in [4.78, 5) is 22.9. The molecule has 1 aromatic carbocycles. The number of halogens is 3. The number of benzene rings is 1. The molecule has 1 fully saturated rings. The second-order valence-corrected chi connectivity index (χ2v) is 4.55. The van der Waals surface area contributed by atoms with Gasteiger partial charge in [0.15, 0.2) is 0 Å². The number of anilines is 1. The monoisotopic (exact) mass is 303 g/mol. The molecule has 0 spiro atoms. The number of carboxylic acids is 1. The summed E-state index contributed by atoms with van der Waals surface area (Å²) >= 11 is 0. The molecule has 5 nitrogen and oxygen atoms in total. The van der Waals surface area contributed by atoms with Crippen LogP contribution in [0.1, 0.15) is 28.8 Å². The molecular weight excluding hydrogens is 291 g/mol. The number of ether oxygens (including phenoxy) is 1. The highest BCUT2D eigenvalue weighted by molar-refractivity contribution is 6.02. The Labute approximate surface area is 117 Å². The maximum atomic E-state index is 12.6. The second kappa shape index (κ2) is 5.72. The van der Waals surface area contributed by atoms with E-state index in [2.05, 4.69) is 5.32 Å². The fourth-order valence-corrected chi connectivity index (χ4v) is 2.00. The Balaban J connectivity index is 2.26. The number of alkyl halides is 3. The predicted octanol–water partition coefficient (Wildman–Crippen LogP) is 2.52. The molecule has 1 saturated heterocycles. The summed E-state index contributed by atoms with van der Waals surface area (Å²) < 4.78 is 42.8. The average Bonchev–Trinajstić information content (AvgIpc) is 2.91. The fourth-order valence-electron chi connectivity index (χ4n) is 2.00. The molecular formula is C13H12F3NO4. The van der Waals surface area contributed by atoms with Crippen molar-refractivity contribution in [3.05, 3.63) is 29.3 Å². The van der Waals surface area contributed by atoms with E-state index in [4.69, 9.17) is 9.84 Å². The van der Waals surface area contributed by atoms with Crippen LogP contribution >= 0.6 is 0 Å². The highest BCUT2D eigenvalue weighted by Crippen LogP contribution is 2.32. The van der Waals surface area contributed by atoms with Gasteiger partial charge < -0.3 is 15.2 Å². The van der Waals surface area contributed by atoms with Gasteiger partial charge in [-0.05, 0) is 31.0 Å². The Bertz CT molecular complexity index is 565. The van der Waals surface area contributed by atoms with Crippen LogP contribution in [0.25, 0.3) is 0 Å². The van der Waals surface area contributed by atoms with E-state index in [1.807, 2.05) is 0 Å². The third-order valence-corrected chi connectivity index (χ3v) is 3.06. The molecule has 0 unspecified atom stereocenters. The molecule has 1 aliphatic rings. The van der Waals surface area contributed by atoms with E-state index in [-0.39, 0.29) is 5.69 Å². The largest absolute Gasteiger partial charge is 0.478 e. The van der Waals surface area contributed by atoms with Crippen LogP contribution in [0.2, 0.25) is 0 Å². The van der Waals surface area contributed by atoms with Crippen molar-refractivity contribution in [1.82, 2.24) is 0 Å². The van der Waals surface area contributed by atoms with Crippen molar-refractivity contribution in [2.45, 2.75) is 25.1 Å². The highest BCUT2D eigenvalue weighted by atomic mass is 19.4. The summed E-state index contributed by atoms with van der Waals surface area (Å²) in [6.07, 6.45) is -4.15. The number of rotatable bonds is 3. The Morgan fingerprint density at radius 3 is 2.57 bits per heavy atom. The van der Waals surface area contributed by atoms with Crippen LogP contribution in [0.15, 0.2) is 18.2 Å². The molecule has 0 aromatic heterocycles. The molecule has 0 saturated carbocycles. The SMILES string of the molecule is O=C(O)c1cc(C(F)(F)F)ccc1NC(=O)[C@@H]1CCCO1. The Kier molecular flexibility index (Phi) is 4.17. The van der Waals surface area contributed by atoms with Gasteiger partial charge in [-0.2, -0.15) is 13.2 Å². The third kappa shape index (κ3) is 3.52. The van der Waals surface area contributed by atoms with Crippen LogP contribution in [0, 0.1) is 0 Å². The molecule has 2 rings (SSSR count). The average molecular weight is 303 g/mol. The first-order valence-corrected chi connectivity index (χ1v) is 6.16. The number of carbonyl (C=O) groups excluding carboxylic acids is 1. The fraction of sp³-hybridized carbons (Fsp3) is 0.385. The topological polar surface area (TPSA) is 75.6 Å². The second-order valence-electron chi connectivity index (χ2n) is 4.55. The first kappa shape index (κ1) is 15.3. The van der Waals surface area contributed by atoms with Gasteiger partial charge in [0, 0.05) is 6.61 Å². The molecule has 8 heteroatoms. The van der Waals surface area contributed by atoms with Gasteiger partial charge in [-0.25, -0.2) is 4.79 Å². The lowest BCUT2D eigenvalue weighted by molar-refractivity contribution is -0.137. The third-order valence-electron chi connectivity index (χ3n) is 3.06. The van der Waals surface area contributed by atoms with Gasteiger partial charge >= 0.3 is 12.1 Å². The van der Waals surface area contributed by atoms with E-state index in [0.717, 1.165) is 12.1 Å². The number of carboxylic acid groups (broad SMARTS) is 1. The first-order chi connectivity index (χ1) is 9.79. The smallest absolute Gasteiger partial charge is 0.416 e. The van der Waals surface area contributed by atoms with Crippen molar-refractivity contribution >= 4 is 17.6 Å². The highest BCUT2D eigenvalue weighted by Gasteiger charge is 2.32. The van der Waals surface area contributed by atoms with Gasteiger partial charge in [-0.15, -0.1) is 0 Å². The quantitative estimate of drug-likeness (QED) is 0.899. The van der Waals surface area contributed by atoms with Crippen molar-refractivity contribution in [2.75, 3.05) is 11.9 Å². The molecule has 0 radical (unpaired) electrons. The maximum absolute atomic E-state index is 12.6. The Hall–Kier alpha value is -2.09. The van der Waals surface area contributed by atoms with Crippen LogP contribution in [-0.4, -0.2) is 29.7 Å². The number of hydrogen-bond acceptors (Lipinski definition) is 3. The lowest BCUT2D eigenvalue weighted by Crippen LogP contribution is -2.27. The van der Waals surface area contributed by atoms with Crippen molar-refractivity contribution in [1.29, 1.82) is 0 Å². The Morgan fingerprint density at radius 1 is 1.33 bits per heavy atom. The summed E-state index contributed by atoms with van der Waals surface area (Å²) in [6.45, 7) is 0.427. The van der Waals surface area contributed by atoms with Crippen LogP contribution in [0.5, 0.6) is 0 Å². The number of aromatic carboxylic acids is 1. The minimum absolute atomic E-state index is 0.184. The molecule has 21 heavy (non-hydrogen) atoms. The lowest BCUT2D eigenvalue weighted by Gasteiger charge is -2.14. The zero-order valence-corrected chi connectivity index (χ0v) is 10.7. The minimum Gasteiger partial charge on any atom is -0.478 e. The van der Waals surface area contributed by atoms with Gasteiger partial charge in [0.2, 0.25) is 0 Å². The molecule has 1 heterocycles. The van der Waals surface area contributed by atoms with E-state index in [0.29, 0.717) is 25.5 Å². The zero-order valence-electron chi connectivity index (χ0n) is 10.7. The van der Waals surface area contributed by atoms with Gasteiger partial charge in [0.25, 0.3) is 5.91 Å². The van der Waals surface area contributed by atoms with Gasteiger partial charge in [0.1, 0.15) is 6.10 Å². The molecule has 1 amide bonds. The summed E-state index contributed by atoms with van der Waals surface area (Å²) in [6, 6.07) is 2.14. The molecule has 114 valence electrons. The van der Waals surface area contributed by atoms with E-state index < -0.39 is 35.3 Å². The van der Waals surface area contributed by atoms with Crippen LogP contribution in [-0.2, 0) is 15.7 Å². The van der Waals surface area contributed by atoms with Crippen LogP contribution in [0.3, 0.4) is 0 Å². The Morgan fingerprint density at radius 2 is 2.05 bits per heavy atom. The molecule has 0 aliphatic carbocycles. The van der Waals surface area contributed by atoms with Gasteiger partial charge in [-0.3, -0.25) is 4.79 Å². The summed E-state index contributed by atoms with van der Waals surface area (Å²) in [5, 5.41) is 11.3. The van der Waals surface area contributed by atoms with Crippen molar-refractivity contribution in [3.8, 4) is 0 Å². The van der Waals surface area contributed by atoms with Crippen LogP contribution < -0.4 is 5.32 Å². The van der Waals surface area contributed by atoms with E-state index in [9.17, 15) is 22.8 Å². The van der Waals surface area contributed by atoms with Crippen molar-refractivity contribution < 1.29 is 32.6 Å². The minimum atomic E-state index is -4.65. The van der Waals surface area contributed by atoms with Crippen molar-refractivity contribution in [3.63, 3.8) is 0 Å². The number of carbonyl (C=O) groups is 2. The summed E-state index contributed by atoms with van der Waals surface area (Å²) in [7, 11) is 0. The number of hydrogen-bond donors (Lipinski definition) is 2.